The molecule has 0 radical (unpaired) electrons. The van der Waals surface area contributed by atoms with Crippen molar-refractivity contribution < 1.29 is 4.79 Å². The minimum atomic E-state index is -0.827. The van der Waals surface area contributed by atoms with Crippen molar-refractivity contribution in [1.82, 2.24) is 10.2 Å². The number of hydrogen-bond acceptors (Lipinski definition) is 4. The first-order valence-electron chi connectivity index (χ1n) is 5.59. The van der Waals surface area contributed by atoms with Crippen molar-refractivity contribution in [2.75, 3.05) is 20.6 Å². The van der Waals surface area contributed by atoms with Gasteiger partial charge in [0.15, 0.2) is 0 Å². The van der Waals surface area contributed by atoms with Crippen molar-refractivity contribution in [1.29, 1.82) is 0 Å². The number of likely N-dealkylation sites (N-methyl/N-ethyl adjacent to an activating group) is 1. The van der Waals surface area contributed by atoms with Crippen LogP contribution in [-0.4, -0.2) is 37.0 Å². The summed E-state index contributed by atoms with van der Waals surface area (Å²) in [6, 6.07) is 4.29. The Morgan fingerprint density at radius 3 is 2.42 bits per heavy atom. The number of carbonyl (C=O) groups is 1. The van der Waals surface area contributed by atoms with Crippen LogP contribution in [0.2, 0.25) is 0 Å². The van der Waals surface area contributed by atoms with Gasteiger partial charge in [0.05, 0.1) is 11.6 Å². The molecule has 1 atom stereocenters. The molecule has 1 rings (SSSR count). The van der Waals surface area contributed by atoms with Crippen LogP contribution in [-0.2, 0) is 4.79 Å². The minimum Gasteiger partial charge on any atom is -0.353 e. The fraction of sp³-hybridized carbons (Fsp3) is 0.583. The Balaban J connectivity index is 0. The Hall–Kier alpha value is -0.330. The molecule has 4 nitrogen and oxygen atoms in total. The molecule has 0 aromatic carbocycles. The highest BCUT2D eigenvalue weighted by atomic mass is 35.5. The third kappa shape index (κ3) is 6.58. The quantitative estimate of drug-likeness (QED) is 0.870. The monoisotopic (exact) mass is 327 g/mol. The van der Waals surface area contributed by atoms with Gasteiger partial charge in [-0.05, 0) is 39.4 Å². The summed E-state index contributed by atoms with van der Waals surface area (Å²) in [6.45, 7) is 3.99. The molecule has 0 saturated carbocycles. The van der Waals surface area contributed by atoms with E-state index in [2.05, 4.69) is 16.3 Å². The normalized spacial score (nSPS) is 12.3. The molecule has 0 aliphatic rings. The molecule has 19 heavy (non-hydrogen) atoms. The fourth-order valence-electron chi connectivity index (χ4n) is 1.44. The summed E-state index contributed by atoms with van der Waals surface area (Å²) in [6.07, 6.45) is 0. The Kier molecular flexibility index (Phi) is 9.68. The van der Waals surface area contributed by atoms with Crippen LogP contribution in [0.4, 0.5) is 0 Å². The number of nitrogens with two attached hydrogens (primary N) is 1. The molecule has 0 aliphatic heterocycles. The summed E-state index contributed by atoms with van der Waals surface area (Å²) < 4.78 is 0. The lowest BCUT2D eigenvalue weighted by Gasteiger charge is -2.25. The highest BCUT2D eigenvalue weighted by Gasteiger charge is 2.23. The van der Waals surface area contributed by atoms with Crippen molar-refractivity contribution in [3.05, 3.63) is 22.4 Å². The van der Waals surface area contributed by atoms with E-state index < -0.39 is 5.54 Å². The number of carbonyl (C=O) groups excluding carboxylic acids is 1. The van der Waals surface area contributed by atoms with Crippen molar-refractivity contribution >= 4 is 42.1 Å². The van der Waals surface area contributed by atoms with Crippen LogP contribution >= 0.6 is 36.2 Å². The standard InChI is InChI=1S/C12H21N3OS.2ClH/c1-12(2,13)11(16)14-8-9(15(3)4)10-6-5-7-17-10;;/h5-7,9H,8,13H2,1-4H3,(H,14,16);2*1H. The highest BCUT2D eigenvalue weighted by molar-refractivity contribution is 7.10. The van der Waals surface area contributed by atoms with E-state index >= 15 is 0 Å². The van der Waals surface area contributed by atoms with Crippen molar-refractivity contribution in [2.24, 2.45) is 5.73 Å². The predicted molar refractivity (Wildman–Crippen MR) is 86.5 cm³/mol. The molecule has 0 spiro atoms. The lowest BCUT2D eigenvalue weighted by Crippen LogP contribution is -2.50. The van der Waals surface area contributed by atoms with Crippen LogP contribution < -0.4 is 11.1 Å². The number of halogens is 2. The maximum absolute atomic E-state index is 11.7. The van der Waals surface area contributed by atoms with Gasteiger partial charge >= 0.3 is 0 Å². The fourth-order valence-corrected chi connectivity index (χ4v) is 2.36. The van der Waals surface area contributed by atoms with Gasteiger partial charge in [-0.15, -0.1) is 36.2 Å². The van der Waals surface area contributed by atoms with Crippen molar-refractivity contribution in [3.63, 3.8) is 0 Å². The molecular formula is C12H23Cl2N3OS. The number of rotatable bonds is 5. The molecule has 7 heteroatoms. The molecule has 0 fully saturated rings. The van der Waals surface area contributed by atoms with Gasteiger partial charge in [0, 0.05) is 11.4 Å². The molecule has 0 aliphatic carbocycles. The Labute approximate surface area is 131 Å². The first-order valence-corrected chi connectivity index (χ1v) is 6.47. The van der Waals surface area contributed by atoms with E-state index in [1.165, 1.54) is 4.88 Å². The first-order chi connectivity index (χ1) is 7.82. The zero-order valence-electron chi connectivity index (χ0n) is 11.7. The average molecular weight is 328 g/mol. The average Bonchev–Trinajstić information content (AvgIpc) is 2.69. The SMILES string of the molecule is CN(C)C(CNC(=O)C(C)(C)N)c1cccs1.Cl.Cl. The van der Waals surface area contributed by atoms with Crippen molar-refractivity contribution in [2.45, 2.75) is 25.4 Å². The third-order valence-electron chi connectivity index (χ3n) is 2.54. The van der Waals surface area contributed by atoms with Gasteiger partial charge in [0.1, 0.15) is 0 Å². The third-order valence-corrected chi connectivity index (χ3v) is 3.51. The molecule has 1 unspecified atom stereocenters. The smallest absolute Gasteiger partial charge is 0.239 e. The van der Waals surface area contributed by atoms with Gasteiger partial charge in [0.25, 0.3) is 0 Å². The second-order valence-corrected chi connectivity index (χ2v) is 5.91. The summed E-state index contributed by atoms with van der Waals surface area (Å²) in [5, 5.41) is 4.94. The Morgan fingerprint density at radius 2 is 2.05 bits per heavy atom. The number of thiophene rings is 1. The molecule has 1 aromatic rings. The van der Waals surface area contributed by atoms with Crippen LogP contribution in [0, 0.1) is 0 Å². The van der Waals surface area contributed by atoms with E-state index in [1.54, 1.807) is 25.2 Å². The summed E-state index contributed by atoms with van der Waals surface area (Å²) in [5.74, 6) is -0.124. The Morgan fingerprint density at radius 1 is 1.47 bits per heavy atom. The zero-order chi connectivity index (χ0) is 13.1. The van der Waals surface area contributed by atoms with Crippen LogP contribution in [0.1, 0.15) is 24.8 Å². The molecule has 1 heterocycles. The van der Waals surface area contributed by atoms with Gasteiger partial charge in [0.2, 0.25) is 5.91 Å². The van der Waals surface area contributed by atoms with Gasteiger partial charge < -0.3 is 16.0 Å². The number of hydrogen-bond donors (Lipinski definition) is 2. The van der Waals surface area contributed by atoms with Gasteiger partial charge in [-0.2, -0.15) is 0 Å². The molecule has 0 saturated heterocycles. The summed E-state index contributed by atoms with van der Waals surface area (Å²) in [4.78, 5) is 15.0. The summed E-state index contributed by atoms with van der Waals surface area (Å²) in [5.41, 5.74) is 4.91. The van der Waals surface area contributed by atoms with E-state index in [1.807, 2.05) is 25.5 Å². The number of nitrogens with one attached hydrogen (secondary N) is 1. The summed E-state index contributed by atoms with van der Waals surface area (Å²) >= 11 is 1.69. The topological polar surface area (TPSA) is 58.4 Å². The lowest BCUT2D eigenvalue weighted by atomic mass is 10.1. The summed E-state index contributed by atoms with van der Waals surface area (Å²) in [7, 11) is 4.01. The zero-order valence-corrected chi connectivity index (χ0v) is 14.1. The van der Waals surface area contributed by atoms with Crippen LogP contribution in [0.3, 0.4) is 0 Å². The number of amides is 1. The van der Waals surface area contributed by atoms with Gasteiger partial charge in [-0.1, -0.05) is 6.07 Å². The van der Waals surface area contributed by atoms with E-state index in [0.717, 1.165) is 0 Å². The second-order valence-electron chi connectivity index (χ2n) is 4.93. The second kappa shape index (κ2) is 8.76. The lowest BCUT2D eigenvalue weighted by molar-refractivity contribution is -0.125. The minimum absolute atomic E-state index is 0. The van der Waals surface area contributed by atoms with E-state index in [9.17, 15) is 4.79 Å². The largest absolute Gasteiger partial charge is 0.353 e. The molecule has 112 valence electrons. The van der Waals surface area contributed by atoms with Crippen molar-refractivity contribution in [3.8, 4) is 0 Å². The predicted octanol–water partition coefficient (Wildman–Crippen LogP) is 2.05. The molecule has 1 amide bonds. The first kappa shape index (κ1) is 21.0. The number of nitrogens with zero attached hydrogens (tertiary/aromatic N) is 1. The van der Waals surface area contributed by atoms with E-state index in [-0.39, 0.29) is 36.8 Å². The van der Waals surface area contributed by atoms with Crippen LogP contribution in [0.15, 0.2) is 17.5 Å². The van der Waals surface area contributed by atoms with E-state index in [0.29, 0.717) is 6.54 Å². The maximum Gasteiger partial charge on any atom is 0.239 e. The Bertz CT molecular complexity index is 364. The highest BCUT2D eigenvalue weighted by Crippen LogP contribution is 2.22. The maximum atomic E-state index is 11.7. The van der Waals surface area contributed by atoms with Crippen LogP contribution in [0.5, 0.6) is 0 Å². The van der Waals surface area contributed by atoms with Gasteiger partial charge in [-0.3, -0.25) is 4.79 Å². The van der Waals surface area contributed by atoms with Crippen LogP contribution in [0.25, 0.3) is 0 Å². The van der Waals surface area contributed by atoms with E-state index in [4.69, 9.17) is 5.73 Å². The molecule has 3 N–H and O–H groups in total. The molecular weight excluding hydrogens is 305 g/mol. The molecule has 1 aromatic heterocycles. The van der Waals surface area contributed by atoms with Gasteiger partial charge in [-0.25, -0.2) is 0 Å². The molecule has 0 bridgehead atoms.